The summed E-state index contributed by atoms with van der Waals surface area (Å²) in [7, 11) is 0. The molecule has 2 heterocycles. The van der Waals surface area contributed by atoms with Gasteiger partial charge in [0, 0.05) is 17.0 Å². The average Bonchev–Trinajstić information content (AvgIpc) is 2.78. The van der Waals surface area contributed by atoms with E-state index in [1.165, 1.54) is 0 Å². The Kier molecular flexibility index (Phi) is 5.12. The van der Waals surface area contributed by atoms with E-state index in [0.717, 1.165) is 59.5 Å². The summed E-state index contributed by atoms with van der Waals surface area (Å²) in [6.07, 6.45) is 2.36. The Morgan fingerprint density at radius 3 is 2.65 bits per heavy atom. The molecule has 3 aromatic carbocycles. The van der Waals surface area contributed by atoms with Crippen molar-refractivity contribution in [2.45, 2.75) is 25.2 Å². The first-order chi connectivity index (χ1) is 15.1. The van der Waals surface area contributed by atoms with E-state index in [-0.39, 0.29) is 24.0 Å². The molecule has 1 amide bonds. The molecule has 5 rings (SSSR count). The standard InChI is InChI=1S/C26H26N2O3/c27-24(30)15-17-4-1-2-5-19(17)18-8-9-20-23(14-18)31-26-21(6-3-7-22(26)29)25(20)16-10-12-28-13-11-16/h1-9,14,16,25,28-29H,10-13,15H2,(H2,27,30). The number of para-hydroxylation sites is 1. The highest BCUT2D eigenvalue weighted by atomic mass is 16.5. The number of nitrogens with two attached hydrogens (primary N) is 1. The molecule has 0 spiro atoms. The van der Waals surface area contributed by atoms with Gasteiger partial charge in [0.2, 0.25) is 5.91 Å². The van der Waals surface area contributed by atoms with Crippen LogP contribution in [0.3, 0.4) is 0 Å². The first kappa shape index (κ1) is 19.6. The summed E-state index contributed by atoms with van der Waals surface area (Å²) in [5.74, 6) is 1.80. The smallest absolute Gasteiger partial charge is 0.221 e. The maximum atomic E-state index is 11.5. The number of phenolic OH excluding ortho intramolecular Hbond substituents is 1. The van der Waals surface area contributed by atoms with Crippen LogP contribution in [0.2, 0.25) is 0 Å². The number of aromatic hydroxyl groups is 1. The average molecular weight is 415 g/mol. The first-order valence-electron chi connectivity index (χ1n) is 10.8. The number of hydrogen-bond acceptors (Lipinski definition) is 4. The number of phenols is 1. The van der Waals surface area contributed by atoms with E-state index >= 15 is 0 Å². The Bertz CT molecular complexity index is 1140. The van der Waals surface area contributed by atoms with Crippen molar-refractivity contribution in [3.05, 3.63) is 77.4 Å². The largest absolute Gasteiger partial charge is 0.504 e. The molecule has 1 atom stereocenters. The molecule has 0 radical (unpaired) electrons. The van der Waals surface area contributed by atoms with Gasteiger partial charge in [-0.15, -0.1) is 0 Å². The van der Waals surface area contributed by atoms with E-state index in [9.17, 15) is 9.90 Å². The number of rotatable bonds is 4. The number of carbonyl (C=O) groups is 1. The summed E-state index contributed by atoms with van der Waals surface area (Å²) in [4.78, 5) is 11.5. The third kappa shape index (κ3) is 3.66. The highest BCUT2D eigenvalue weighted by Gasteiger charge is 2.35. The first-order valence-corrected chi connectivity index (χ1v) is 10.8. The number of primary amides is 1. The summed E-state index contributed by atoms with van der Waals surface area (Å²) in [5.41, 5.74) is 10.5. The van der Waals surface area contributed by atoms with E-state index in [1.54, 1.807) is 6.07 Å². The van der Waals surface area contributed by atoms with E-state index in [2.05, 4.69) is 23.5 Å². The summed E-state index contributed by atoms with van der Waals surface area (Å²) in [5, 5.41) is 14.0. The van der Waals surface area contributed by atoms with Crippen molar-refractivity contribution >= 4 is 5.91 Å². The van der Waals surface area contributed by atoms with Crippen LogP contribution < -0.4 is 15.8 Å². The lowest BCUT2D eigenvalue weighted by molar-refractivity contribution is -0.117. The Balaban J connectivity index is 1.61. The quantitative estimate of drug-likeness (QED) is 0.593. The molecule has 2 aliphatic rings. The summed E-state index contributed by atoms with van der Waals surface area (Å²) in [6, 6.07) is 19.7. The van der Waals surface area contributed by atoms with Crippen molar-refractivity contribution in [2.75, 3.05) is 13.1 Å². The summed E-state index contributed by atoms with van der Waals surface area (Å²) in [6.45, 7) is 2.01. The zero-order chi connectivity index (χ0) is 21.4. The van der Waals surface area contributed by atoms with Gasteiger partial charge in [-0.05, 0) is 60.7 Å². The summed E-state index contributed by atoms with van der Waals surface area (Å²) >= 11 is 0. The molecule has 5 heteroatoms. The van der Waals surface area contributed by atoms with Crippen LogP contribution >= 0.6 is 0 Å². The maximum absolute atomic E-state index is 11.5. The second-order valence-corrected chi connectivity index (χ2v) is 8.42. The lowest BCUT2D eigenvalue weighted by atomic mass is 9.74. The Hall–Kier alpha value is -3.31. The maximum Gasteiger partial charge on any atom is 0.221 e. The van der Waals surface area contributed by atoms with Crippen molar-refractivity contribution in [3.63, 3.8) is 0 Å². The zero-order valence-electron chi connectivity index (χ0n) is 17.3. The van der Waals surface area contributed by atoms with Gasteiger partial charge in [0.1, 0.15) is 5.75 Å². The number of carbonyl (C=O) groups excluding carboxylic acids is 1. The predicted molar refractivity (Wildman–Crippen MR) is 120 cm³/mol. The van der Waals surface area contributed by atoms with Crippen molar-refractivity contribution in [1.82, 2.24) is 5.32 Å². The number of hydrogen-bond donors (Lipinski definition) is 3. The predicted octanol–water partition coefficient (Wildman–Crippen LogP) is 4.32. The van der Waals surface area contributed by atoms with Gasteiger partial charge < -0.3 is 20.9 Å². The van der Waals surface area contributed by atoms with Crippen molar-refractivity contribution in [2.24, 2.45) is 11.7 Å². The Labute approximate surface area is 181 Å². The third-order valence-corrected chi connectivity index (χ3v) is 6.47. The van der Waals surface area contributed by atoms with Crippen molar-refractivity contribution in [3.8, 4) is 28.4 Å². The highest BCUT2D eigenvalue weighted by molar-refractivity contribution is 5.81. The van der Waals surface area contributed by atoms with E-state index in [4.69, 9.17) is 10.5 Å². The van der Waals surface area contributed by atoms with Gasteiger partial charge in [-0.25, -0.2) is 0 Å². The third-order valence-electron chi connectivity index (χ3n) is 6.47. The lowest BCUT2D eigenvalue weighted by Crippen LogP contribution is -2.32. The molecule has 3 aromatic rings. The minimum absolute atomic E-state index is 0.168. The fourth-order valence-electron chi connectivity index (χ4n) is 5.05. The molecule has 0 aromatic heterocycles. The van der Waals surface area contributed by atoms with Crippen LogP contribution in [0.15, 0.2) is 60.7 Å². The van der Waals surface area contributed by atoms with Crippen LogP contribution in [0, 0.1) is 5.92 Å². The van der Waals surface area contributed by atoms with Crippen molar-refractivity contribution < 1.29 is 14.6 Å². The van der Waals surface area contributed by atoms with Crippen LogP contribution in [-0.2, 0) is 11.2 Å². The second-order valence-electron chi connectivity index (χ2n) is 8.42. The van der Waals surface area contributed by atoms with Gasteiger partial charge in [-0.3, -0.25) is 4.79 Å². The fraction of sp³-hybridized carbons (Fsp3) is 0.269. The molecule has 4 N–H and O–H groups in total. The van der Waals surface area contributed by atoms with E-state index in [1.807, 2.05) is 36.4 Å². The Morgan fingerprint density at radius 2 is 1.84 bits per heavy atom. The number of ether oxygens (including phenoxy) is 1. The Morgan fingerprint density at radius 1 is 1.03 bits per heavy atom. The number of benzene rings is 3. The molecule has 0 bridgehead atoms. The molecule has 5 nitrogen and oxygen atoms in total. The lowest BCUT2D eigenvalue weighted by Gasteiger charge is -2.36. The van der Waals surface area contributed by atoms with Gasteiger partial charge >= 0.3 is 0 Å². The molecule has 0 aliphatic carbocycles. The summed E-state index contributed by atoms with van der Waals surface area (Å²) < 4.78 is 6.26. The van der Waals surface area contributed by atoms with Gasteiger partial charge in [0.15, 0.2) is 11.5 Å². The van der Waals surface area contributed by atoms with Gasteiger partial charge in [0.25, 0.3) is 0 Å². The zero-order valence-corrected chi connectivity index (χ0v) is 17.3. The van der Waals surface area contributed by atoms with Crippen LogP contribution in [0.5, 0.6) is 17.2 Å². The molecule has 2 aliphatic heterocycles. The molecule has 0 saturated carbocycles. The molecule has 31 heavy (non-hydrogen) atoms. The second kappa shape index (κ2) is 8.08. The number of amides is 1. The molecular weight excluding hydrogens is 388 g/mol. The fourth-order valence-corrected chi connectivity index (χ4v) is 5.05. The van der Waals surface area contributed by atoms with Crippen LogP contribution in [0.1, 0.15) is 35.4 Å². The van der Waals surface area contributed by atoms with Crippen LogP contribution in [-0.4, -0.2) is 24.1 Å². The number of piperidine rings is 1. The molecule has 158 valence electrons. The minimum Gasteiger partial charge on any atom is -0.504 e. The monoisotopic (exact) mass is 414 g/mol. The topological polar surface area (TPSA) is 84.6 Å². The number of fused-ring (bicyclic) bond motifs is 2. The van der Waals surface area contributed by atoms with E-state index in [0.29, 0.717) is 11.7 Å². The van der Waals surface area contributed by atoms with Crippen LogP contribution in [0.4, 0.5) is 0 Å². The number of nitrogens with one attached hydrogen (secondary N) is 1. The van der Waals surface area contributed by atoms with Crippen molar-refractivity contribution in [1.29, 1.82) is 0 Å². The molecule has 1 saturated heterocycles. The van der Waals surface area contributed by atoms with Gasteiger partial charge in [-0.2, -0.15) is 0 Å². The highest BCUT2D eigenvalue weighted by Crippen LogP contribution is 2.52. The normalized spacial score (nSPS) is 18.0. The van der Waals surface area contributed by atoms with E-state index < -0.39 is 0 Å². The van der Waals surface area contributed by atoms with Gasteiger partial charge in [0.05, 0.1) is 6.42 Å². The SMILES string of the molecule is NC(=O)Cc1ccccc1-c1ccc2c(c1)Oc1c(O)cccc1C2C1CCNCC1. The molecule has 1 fully saturated rings. The molecule has 1 unspecified atom stereocenters. The van der Waals surface area contributed by atoms with Gasteiger partial charge in [-0.1, -0.05) is 48.5 Å². The molecular formula is C26H26N2O3. The minimum atomic E-state index is -0.355. The van der Waals surface area contributed by atoms with Crippen LogP contribution in [0.25, 0.3) is 11.1 Å².